The quantitative estimate of drug-likeness (QED) is 0.359. The molecule has 0 spiro atoms. The molecule has 0 saturated heterocycles. The van der Waals surface area contributed by atoms with Crippen LogP contribution in [0.1, 0.15) is 0 Å². The molecule has 36 valence electrons. The first-order chi connectivity index (χ1) is 3.79. The second kappa shape index (κ2) is 2.55. The van der Waals surface area contributed by atoms with Gasteiger partial charge in [-0.05, 0) is 0 Å². The van der Waals surface area contributed by atoms with Gasteiger partial charge in [-0.3, -0.25) is 0 Å². The third-order valence-corrected chi connectivity index (χ3v) is 1.06. The van der Waals surface area contributed by atoms with Crippen molar-refractivity contribution in [1.29, 1.82) is 0 Å². The van der Waals surface area contributed by atoms with Gasteiger partial charge in [-0.1, -0.05) is 0 Å². The summed E-state index contributed by atoms with van der Waals surface area (Å²) in [5, 5.41) is 0.560. The molecule has 0 aromatic carbocycles. The summed E-state index contributed by atoms with van der Waals surface area (Å²) >= 11 is 7.44. The van der Waals surface area contributed by atoms with Crippen LogP contribution in [0.25, 0.3) is 0 Å². The van der Waals surface area contributed by atoms with E-state index >= 15 is 0 Å². The molecule has 0 unspecified atom stereocenters. The van der Waals surface area contributed by atoms with Crippen LogP contribution >= 0.6 is 11.6 Å². The summed E-state index contributed by atoms with van der Waals surface area (Å²) in [6.07, 6.45) is 0. The summed E-state index contributed by atoms with van der Waals surface area (Å²) in [5.74, 6) is 0. The van der Waals surface area contributed by atoms with Crippen molar-refractivity contribution in [3.8, 4) is 0 Å². The second-order valence-corrected chi connectivity index (χ2v) is 1.99. The summed E-state index contributed by atoms with van der Waals surface area (Å²) < 4.78 is 0.956. The molecule has 1 aromatic rings. The van der Waals surface area contributed by atoms with Crippen LogP contribution in [0.15, 0.2) is 18.2 Å². The van der Waals surface area contributed by atoms with E-state index in [1.165, 1.54) is 0 Å². The molecule has 1 heterocycles. The van der Waals surface area contributed by atoms with Crippen LogP contribution in [-0.2, 0) is 0 Å². The van der Waals surface area contributed by atoms with Crippen molar-refractivity contribution >= 4 is 33.7 Å². The topological polar surface area (TPSA) is 12.9 Å². The van der Waals surface area contributed by atoms with E-state index in [0.717, 1.165) is 4.37 Å². The first-order valence-corrected chi connectivity index (χ1v) is 2.76. The van der Waals surface area contributed by atoms with Crippen LogP contribution in [0.4, 0.5) is 0 Å². The van der Waals surface area contributed by atoms with Crippen LogP contribution in [0.5, 0.6) is 0 Å². The van der Waals surface area contributed by atoms with Gasteiger partial charge in [-0.25, -0.2) is 0 Å². The summed E-state index contributed by atoms with van der Waals surface area (Å²) in [5.41, 5.74) is 0. The summed E-state index contributed by atoms with van der Waals surface area (Å²) in [4.78, 5) is 3.94. The predicted molar refractivity (Wildman–Crippen MR) is 34.6 cm³/mol. The molecule has 1 rings (SSSR count). The van der Waals surface area contributed by atoms with E-state index < -0.39 is 0 Å². The van der Waals surface area contributed by atoms with Gasteiger partial charge in [-0.2, -0.15) is 0 Å². The van der Waals surface area contributed by atoms with Crippen molar-refractivity contribution in [2.24, 2.45) is 0 Å². The molecule has 0 aliphatic carbocycles. The molecule has 0 aliphatic rings. The van der Waals surface area contributed by atoms with E-state index in [9.17, 15) is 0 Å². The average molecular weight is 119 g/mol. The van der Waals surface area contributed by atoms with Crippen molar-refractivity contribution in [1.82, 2.24) is 4.98 Å². The molecule has 0 radical (unpaired) electrons. The number of hydrogen-bond acceptors (Lipinski definition) is 1. The van der Waals surface area contributed by atoms with E-state index in [-0.39, 0.29) is 0 Å². The fourth-order valence-electron chi connectivity index (χ4n) is 0.510. The van der Waals surface area contributed by atoms with Gasteiger partial charge < -0.3 is 0 Å². The van der Waals surface area contributed by atoms with Gasteiger partial charge in [-0.15, -0.1) is 0 Å². The standard InChI is InChI=1S/C5H3ClN.Li/c6-5-3-1-2-4-7-5;/h1-3H;. The van der Waals surface area contributed by atoms with Gasteiger partial charge in [0.25, 0.3) is 0 Å². The Morgan fingerprint density at radius 2 is 2.25 bits per heavy atom. The van der Waals surface area contributed by atoms with Crippen molar-refractivity contribution < 1.29 is 0 Å². The van der Waals surface area contributed by atoms with Crippen LogP contribution in [0, 0.1) is 0 Å². The number of aromatic nitrogens is 1. The SMILES string of the molecule is [Li][c]1cccc(Cl)n1. The zero-order valence-corrected chi connectivity index (χ0v) is 5.31. The van der Waals surface area contributed by atoms with Gasteiger partial charge >= 0.3 is 62.0 Å². The molecular weight excluding hydrogens is 116 g/mol. The Morgan fingerprint density at radius 1 is 1.50 bits per heavy atom. The Morgan fingerprint density at radius 3 is 2.62 bits per heavy atom. The molecule has 1 nitrogen and oxygen atoms in total. The van der Waals surface area contributed by atoms with E-state index in [1.807, 2.05) is 29.8 Å². The Bertz CT molecular complexity index is 172. The summed E-state index contributed by atoms with van der Waals surface area (Å²) in [6.45, 7) is 0. The molecule has 0 N–H and O–H groups in total. The first kappa shape index (κ1) is 6.16. The van der Waals surface area contributed by atoms with Crippen LogP contribution < -0.4 is 4.37 Å². The maximum atomic E-state index is 5.53. The van der Waals surface area contributed by atoms with Crippen molar-refractivity contribution in [2.45, 2.75) is 0 Å². The van der Waals surface area contributed by atoms with Gasteiger partial charge in [0, 0.05) is 0 Å². The Hall–Kier alpha value is 0.0374. The number of halogens is 1. The molecule has 0 amide bonds. The van der Waals surface area contributed by atoms with Crippen molar-refractivity contribution in [2.75, 3.05) is 0 Å². The predicted octanol–water partition coefficient (Wildman–Crippen LogP) is 0.529. The van der Waals surface area contributed by atoms with Crippen LogP contribution in [0.3, 0.4) is 0 Å². The maximum absolute atomic E-state index is 5.53. The normalized spacial score (nSPS) is 9.38. The molecule has 0 saturated carbocycles. The second-order valence-electron chi connectivity index (χ2n) is 1.60. The average Bonchev–Trinajstić information content (AvgIpc) is 1.64. The number of rotatable bonds is 0. The van der Waals surface area contributed by atoms with Gasteiger partial charge in [0.05, 0.1) is 0 Å². The first-order valence-electron chi connectivity index (χ1n) is 2.38. The van der Waals surface area contributed by atoms with E-state index in [1.54, 1.807) is 6.07 Å². The van der Waals surface area contributed by atoms with E-state index in [2.05, 4.69) is 4.98 Å². The molecule has 0 fully saturated rings. The molecular formula is C5H3ClLiN. The minimum atomic E-state index is 0.560. The monoisotopic (exact) mass is 119 g/mol. The number of pyridine rings is 1. The Balaban J connectivity index is 3.08. The van der Waals surface area contributed by atoms with Crippen LogP contribution in [0.2, 0.25) is 5.15 Å². The molecule has 0 atom stereocenters. The van der Waals surface area contributed by atoms with E-state index in [0.29, 0.717) is 5.15 Å². The van der Waals surface area contributed by atoms with E-state index in [4.69, 9.17) is 11.6 Å². The third-order valence-electron chi connectivity index (χ3n) is 0.854. The van der Waals surface area contributed by atoms with Gasteiger partial charge in [0.15, 0.2) is 0 Å². The van der Waals surface area contributed by atoms with Gasteiger partial charge in [0.2, 0.25) is 0 Å². The molecule has 1 aromatic heterocycles. The van der Waals surface area contributed by atoms with Gasteiger partial charge in [0.1, 0.15) is 0 Å². The molecule has 3 heteroatoms. The van der Waals surface area contributed by atoms with Crippen molar-refractivity contribution in [3.05, 3.63) is 23.4 Å². The Labute approximate surface area is 62.3 Å². The molecule has 8 heavy (non-hydrogen) atoms. The zero-order chi connectivity index (χ0) is 5.98. The van der Waals surface area contributed by atoms with Crippen molar-refractivity contribution in [3.63, 3.8) is 0 Å². The number of nitrogens with zero attached hydrogens (tertiary/aromatic N) is 1. The minimum absolute atomic E-state index is 0.560. The summed E-state index contributed by atoms with van der Waals surface area (Å²) in [7, 11) is 0. The third kappa shape index (κ3) is 1.52. The summed E-state index contributed by atoms with van der Waals surface area (Å²) in [6, 6.07) is 5.55. The van der Waals surface area contributed by atoms with Crippen LogP contribution in [-0.4, -0.2) is 22.7 Å². The fourth-order valence-corrected chi connectivity index (χ4v) is 0.716. The molecule has 0 aliphatic heterocycles. The molecule has 0 bridgehead atoms. The fraction of sp³-hybridized carbons (Fsp3) is 0. The Kier molecular flexibility index (Phi) is 1.96. The zero-order valence-electron chi connectivity index (χ0n) is 4.56. The number of hydrogen-bond donors (Lipinski definition) is 0.